The van der Waals surface area contributed by atoms with E-state index in [1.165, 1.54) is 5.56 Å². The molecule has 5 heteroatoms. The fourth-order valence-corrected chi connectivity index (χ4v) is 3.42. The summed E-state index contributed by atoms with van der Waals surface area (Å²) in [6, 6.07) is 16.3. The lowest BCUT2D eigenvalue weighted by molar-refractivity contribution is 0.211. The van der Waals surface area contributed by atoms with Crippen molar-refractivity contribution in [1.82, 2.24) is 4.90 Å². The van der Waals surface area contributed by atoms with E-state index in [1.54, 1.807) is 13.2 Å². The van der Waals surface area contributed by atoms with Crippen molar-refractivity contribution in [2.24, 2.45) is 0 Å². The van der Waals surface area contributed by atoms with Crippen LogP contribution in [0.4, 0.5) is 5.69 Å². The zero-order valence-electron chi connectivity index (χ0n) is 14.3. The Morgan fingerprint density at radius 1 is 1.24 bits per heavy atom. The number of nitrogens with one attached hydrogen (secondary N) is 1. The molecule has 1 heterocycles. The van der Waals surface area contributed by atoms with Gasteiger partial charge in [-0.3, -0.25) is 4.90 Å². The highest BCUT2D eigenvalue weighted by atomic mass is 35.5. The van der Waals surface area contributed by atoms with Gasteiger partial charge in [0.1, 0.15) is 11.8 Å². The van der Waals surface area contributed by atoms with Crippen molar-refractivity contribution < 1.29 is 4.74 Å². The second kappa shape index (κ2) is 8.24. The highest BCUT2D eigenvalue weighted by Gasteiger charge is 2.19. The number of hydrogen-bond acceptors (Lipinski definition) is 4. The van der Waals surface area contributed by atoms with E-state index in [4.69, 9.17) is 21.6 Å². The van der Waals surface area contributed by atoms with Gasteiger partial charge in [0.2, 0.25) is 0 Å². The van der Waals surface area contributed by atoms with Gasteiger partial charge in [-0.25, -0.2) is 0 Å². The number of ether oxygens (including phenoxy) is 1. The van der Waals surface area contributed by atoms with E-state index in [-0.39, 0.29) is 0 Å². The first kappa shape index (κ1) is 17.6. The molecule has 0 aromatic heterocycles. The van der Waals surface area contributed by atoms with Crippen molar-refractivity contribution in [3.05, 3.63) is 58.6 Å². The van der Waals surface area contributed by atoms with Crippen LogP contribution in [0.2, 0.25) is 5.02 Å². The van der Waals surface area contributed by atoms with Crippen molar-refractivity contribution in [3.63, 3.8) is 0 Å². The number of likely N-dealkylation sites (tertiary alicyclic amines) is 1. The van der Waals surface area contributed by atoms with Crippen molar-refractivity contribution in [3.8, 4) is 11.8 Å². The normalized spacial score (nSPS) is 15.6. The molecule has 2 aromatic rings. The van der Waals surface area contributed by atoms with Crippen LogP contribution in [0.3, 0.4) is 0 Å². The molecule has 0 atom stereocenters. The SMILES string of the molecule is COc1cccc(CN2CCC(Nc3ccc(C#N)c(Cl)c3)CC2)c1. The number of benzene rings is 2. The molecule has 0 unspecified atom stereocenters. The molecule has 1 saturated heterocycles. The fourth-order valence-electron chi connectivity index (χ4n) is 3.20. The van der Waals surface area contributed by atoms with Crippen LogP contribution in [0.15, 0.2) is 42.5 Å². The Hall–Kier alpha value is -2.22. The van der Waals surface area contributed by atoms with E-state index in [1.807, 2.05) is 24.3 Å². The maximum Gasteiger partial charge on any atom is 0.119 e. The van der Waals surface area contributed by atoms with Gasteiger partial charge in [-0.15, -0.1) is 0 Å². The Balaban J connectivity index is 1.51. The fraction of sp³-hybridized carbons (Fsp3) is 0.350. The van der Waals surface area contributed by atoms with Crippen LogP contribution < -0.4 is 10.1 Å². The molecule has 130 valence electrons. The Kier molecular flexibility index (Phi) is 5.80. The van der Waals surface area contributed by atoms with E-state index < -0.39 is 0 Å². The molecule has 4 nitrogen and oxygen atoms in total. The molecular formula is C20H22ClN3O. The molecule has 0 bridgehead atoms. The summed E-state index contributed by atoms with van der Waals surface area (Å²) in [6.07, 6.45) is 2.17. The van der Waals surface area contributed by atoms with Crippen LogP contribution in [0, 0.1) is 11.3 Å². The molecule has 0 saturated carbocycles. The molecule has 2 aromatic carbocycles. The number of anilines is 1. The minimum Gasteiger partial charge on any atom is -0.497 e. The maximum absolute atomic E-state index is 8.95. The molecule has 0 amide bonds. The summed E-state index contributed by atoms with van der Waals surface area (Å²) < 4.78 is 5.29. The zero-order valence-corrected chi connectivity index (χ0v) is 15.1. The minimum atomic E-state index is 0.436. The van der Waals surface area contributed by atoms with Gasteiger partial charge in [0.15, 0.2) is 0 Å². The van der Waals surface area contributed by atoms with Gasteiger partial charge in [-0.1, -0.05) is 23.7 Å². The summed E-state index contributed by atoms with van der Waals surface area (Å²) in [4.78, 5) is 2.47. The molecule has 3 rings (SSSR count). The number of halogens is 1. The van der Waals surface area contributed by atoms with Crippen LogP contribution in [0.25, 0.3) is 0 Å². The van der Waals surface area contributed by atoms with Gasteiger partial charge in [0.05, 0.1) is 17.7 Å². The lowest BCUT2D eigenvalue weighted by Gasteiger charge is -2.33. The summed E-state index contributed by atoms with van der Waals surface area (Å²) in [6.45, 7) is 3.06. The third-order valence-corrected chi connectivity index (χ3v) is 4.90. The number of rotatable bonds is 5. The summed E-state index contributed by atoms with van der Waals surface area (Å²) in [5, 5.41) is 13.0. The molecule has 1 aliphatic rings. The minimum absolute atomic E-state index is 0.436. The summed E-state index contributed by atoms with van der Waals surface area (Å²) >= 11 is 6.10. The average molecular weight is 356 g/mol. The predicted molar refractivity (Wildman–Crippen MR) is 101 cm³/mol. The number of hydrogen-bond donors (Lipinski definition) is 1. The second-order valence-electron chi connectivity index (χ2n) is 6.35. The topological polar surface area (TPSA) is 48.3 Å². The third kappa shape index (κ3) is 4.66. The van der Waals surface area contributed by atoms with Crippen molar-refractivity contribution in [2.45, 2.75) is 25.4 Å². The van der Waals surface area contributed by atoms with E-state index in [9.17, 15) is 0 Å². The van der Waals surface area contributed by atoms with Crippen molar-refractivity contribution >= 4 is 17.3 Å². The van der Waals surface area contributed by atoms with Crippen LogP contribution in [0.1, 0.15) is 24.0 Å². The summed E-state index contributed by atoms with van der Waals surface area (Å²) in [5.74, 6) is 0.909. The molecule has 0 radical (unpaired) electrons. The smallest absolute Gasteiger partial charge is 0.119 e. The standard InChI is InChI=1S/C20H22ClN3O/c1-25-19-4-2-3-15(11-19)14-24-9-7-17(8-10-24)23-18-6-5-16(13-22)20(21)12-18/h2-6,11-12,17,23H,7-10,14H2,1H3. The summed E-state index contributed by atoms with van der Waals surface area (Å²) in [5.41, 5.74) is 2.78. The monoisotopic (exact) mass is 355 g/mol. The van der Waals surface area contributed by atoms with E-state index in [0.29, 0.717) is 16.6 Å². The van der Waals surface area contributed by atoms with Gasteiger partial charge >= 0.3 is 0 Å². The van der Waals surface area contributed by atoms with Gasteiger partial charge in [-0.2, -0.15) is 5.26 Å². The van der Waals surface area contributed by atoms with Gasteiger partial charge in [0, 0.05) is 31.4 Å². The quantitative estimate of drug-likeness (QED) is 0.868. The maximum atomic E-state index is 8.95. The molecule has 1 aliphatic heterocycles. The molecule has 1 fully saturated rings. The largest absolute Gasteiger partial charge is 0.497 e. The highest BCUT2D eigenvalue weighted by molar-refractivity contribution is 6.32. The number of piperidine rings is 1. The average Bonchev–Trinajstić information content (AvgIpc) is 2.64. The Morgan fingerprint density at radius 3 is 2.72 bits per heavy atom. The first-order valence-corrected chi connectivity index (χ1v) is 8.87. The highest BCUT2D eigenvalue weighted by Crippen LogP contribution is 2.23. The Labute approximate surface area is 154 Å². The lowest BCUT2D eigenvalue weighted by atomic mass is 10.0. The molecule has 0 aliphatic carbocycles. The van der Waals surface area contributed by atoms with Gasteiger partial charge in [0.25, 0.3) is 0 Å². The molecule has 25 heavy (non-hydrogen) atoms. The van der Waals surface area contributed by atoms with E-state index in [2.05, 4.69) is 28.4 Å². The van der Waals surface area contributed by atoms with Crippen LogP contribution in [0.5, 0.6) is 5.75 Å². The molecule has 0 spiro atoms. The summed E-state index contributed by atoms with van der Waals surface area (Å²) in [7, 11) is 1.70. The number of methoxy groups -OCH3 is 1. The van der Waals surface area contributed by atoms with Crippen LogP contribution in [-0.4, -0.2) is 31.1 Å². The van der Waals surface area contributed by atoms with Crippen molar-refractivity contribution in [1.29, 1.82) is 5.26 Å². The van der Waals surface area contributed by atoms with E-state index >= 15 is 0 Å². The second-order valence-corrected chi connectivity index (χ2v) is 6.76. The lowest BCUT2D eigenvalue weighted by Crippen LogP contribution is -2.38. The Bertz CT molecular complexity index is 764. The Morgan fingerprint density at radius 2 is 2.04 bits per heavy atom. The van der Waals surface area contributed by atoms with Gasteiger partial charge in [-0.05, 0) is 48.7 Å². The predicted octanol–water partition coefficient (Wildman–Crippen LogP) is 4.30. The first-order chi connectivity index (χ1) is 12.2. The van der Waals surface area contributed by atoms with Crippen LogP contribution >= 0.6 is 11.6 Å². The van der Waals surface area contributed by atoms with Gasteiger partial charge < -0.3 is 10.1 Å². The zero-order chi connectivity index (χ0) is 17.6. The number of nitriles is 1. The van der Waals surface area contributed by atoms with E-state index in [0.717, 1.165) is 43.9 Å². The van der Waals surface area contributed by atoms with Crippen molar-refractivity contribution in [2.75, 3.05) is 25.5 Å². The molecule has 1 N–H and O–H groups in total. The first-order valence-electron chi connectivity index (χ1n) is 8.49. The number of nitrogens with zero attached hydrogens (tertiary/aromatic N) is 2. The van der Waals surface area contributed by atoms with Crippen LogP contribution in [-0.2, 0) is 6.54 Å². The third-order valence-electron chi connectivity index (χ3n) is 4.59. The molecular weight excluding hydrogens is 334 g/mol.